The predicted molar refractivity (Wildman–Crippen MR) is 112 cm³/mol. The van der Waals surface area contributed by atoms with E-state index in [9.17, 15) is 8.78 Å². The molecule has 4 aromatic heterocycles. The molecule has 3 N–H and O–H groups in total. The zero-order valence-electron chi connectivity index (χ0n) is 16.5. The van der Waals surface area contributed by atoms with Crippen LogP contribution in [0, 0.1) is 11.6 Å². The normalized spacial score (nSPS) is 18.8. The van der Waals surface area contributed by atoms with Gasteiger partial charge < -0.3 is 15.6 Å². The first kappa shape index (κ1) is 19.3. The van der Waals surface area contributed by atoms with Crippen LogP contribution in [-0.2, 0) is 0 Å². The summed E-state index contributed by atoms with van der Waals surface area (Å²) < 4.78 is 28.1. The van der Waals surface area contributed by atoms with Gasteiger partial charge >= 0.3 is 0 Å². The van der Waals surface area contributed by atoms with Crippen molar-refractivity contribution in [1.82, 2.24) is 29.9 Å². The lowest BCUT2D eigenvalue weighted by molar-refractivity contribution is 0.424. The maximum absolute atomic E-state index is 14.5. The molecule has 0 spiro atoms. The standard InChI is InChI=1S/C21H20F2N8/c22-12-6-15-16(9-27-19(15)26-8-12)20-28-10-17(23)21(31-20)30-14-3-1-2-13(7-14)29-18-11-24-4-5-25-18/h4-6,8-11,13-14H,1-3,7H2,(H,25,29)(H,26,27)(H,28,30,31)/t13-,14+/m1/s1. The lowest BCUT2D eigenvalue weighted by Crippen LogP contribution is -2.35. The lowest BCUT2D eigenvalue weighted by atomic mass is 9.91. The molecule has 158 valence electrons. The van der Waals surface area contributed by atoms with Gasteiger partial charge in [0, 0.05) is 41.6 Å². The molecule has 31 heavy (non-hydrogen) atoms. The van der Waals surface area contributed by atoms with Crippen molar-refractivity contribution < 1.29 is 8.78 Å². The minimum absolute atomic E-state index is 0.0438. The van der Waals surface area contributed by atoms with Crippen LogP contribution in [0.5, 0.6) is 0 Å². The van der Waals surface area contributed by atoms with E-state index in [0.29, 0.717) is 22.4 Å². The Morgan fingerprint density at radius 2 is 1.84 bits per heavy atom. The van der Waals surface area contributed by atoms with Crippen molar-refractivity contribution in [2.24, 2.45) is 0 Å². The zero-order chi connectivity index (χ0) is 21.2. The molecule has 1 aliphatic rings. The first-order chi connectivity index (χ1) is 15.2. The molecular formula is C21H20F2N8. The Labute approximate surface area is 176 Å². The molecular weight excluding hydrogens is 402 g/mol. The van der Waals surface area contributed by atoms with Crippen LogP contribution in [0.1, 0.15) is 25.7 Å². The van der Waals surface area contributed by atoms with E-state index < -0.39 is 11.6 Å². The number of fused-ring (bicyclic) bond motifs is 1. The average molecular weight is 422 g/mol. The number of aromatic nitrogens is 6. The Kier molecular flexibility index (Phi) is 5.11. The third-order valence-corrected chi connectivity index (χ3v) is 5.41. The van der Waals surface area contributed by atoms with Crippen molar-refractivity contribution in [2.45, 2.75) is 37.8 Å². The monoisotopic (exact) mass is 422 g/mol. The van der Waals surface area contributed by atoms with Crippen molar-refractivity contribution in [3.8, 4) is 11.4 Å². The van der Waals surface area contributed by atoms with Gasteiger partial charge in [0.1, 0.15) is 17.3 Å². The van der Waals surface area contributed by atoms with E-state index in [0.717, 1.165) is 43.9 Å². The fraction of sp³-hybridized carbons (Fsp3) is 0.286. The van der Waals surface area contributed by atoms with Gasteiger partial charge in [-0.25, -0.2) is 28.7 Å². The topological polar surface area (TPSA) is 104 Å². The Hall–Kier alpha value is -3.69. The molecule has 0 unspecified atom stereocenters. The van der Waals surface area contributed by atoms with Crippen molar-refractivity contribution in [1.29, 1.82) is 0 Å². The van der Waals surface area contributed by atoms with Crippen LogP contribution in [-0.4, -0.2) is 42.0 Å². The number of nitrogens with one attached hydrogen (secondary N) is 3. The Bertz CT molecular complexity index is 1200. The number of aromatic amines is 1. The van der Waals surface area contributed by atoms with Crippen LogP contribution < -0.4 is 10.6 Å². The second-order valence-corrected chi connectivity index (χ2v) is 7.58. The highest BCUT2D eigenvalue weighted by molar-refractivity contribution is 5.91. The van der Waals surface area contributed by atoms with Crippen molar-refractivity contribution in [3.05, 3.63) is 54.9 Å². The van der Waals surface area contributed by atoms with E-state index in [-0.39, 0.29) is 17.9 Å². The quantitative estimate of drug-likeness (QED) is 0.448. The van der Waals surface area contributed by atoms with Crippen LogP contribution in [0.25, 0.3) is 22.4 Å². The van der Waals surface area contributed by atoms with E-state index in [4.69, 9.17) is 0 Å². The van der Waals surface area contributed by atoms with Gasteiger partial charge in [-0.05, 0) is 31.7 Å². The number of H-pyrrole nitrogens is 1. The maximum Gasteiger partial charge on any atom is 0.183 e. The molecule has 10 heteroatoms. The van der Waals surface area contributed by atoms with E-state index in [1.54, 1.807) is 24.8 Å². The molecule has 1 saturated carbocycles. The second kappa shape index (κ2) is 8.21. The summed E-state index contributed by atoms with van der Waals surface area (Å²) in [6, 6.07) is 1.61. The van der Waals surface area contributed by atoms with Gasteiger partial charge in [0.05, 0.1) is 18.6 Å². The third kappa shape index (κ3) is 4.14. The van der Waals surface area contributed by atoms with Gasteiger partial charge in [-0.2, -0.15) is 0 Å². The van der Waals surface area contributed by atoms with Crippen LogP contribution in [0.3, 0.4) is 0 Å². The van der Waals surface area contributed by atoms with Crippen LogP contribution in [0.4, 0.5) is 20.4 Å². The Morgan fingerprint density at radius 1 is 0.968 bits per heavy atom. The zero-order valence-corrected chi connectivity index (χ0v) is 16.5. The van der Waals surface area contributed by atoms with Gasteiger partial charge in [0.15, 0.2) is 17.5 Å². The first-order valence-electron chi connectivity index (χ1n) is 10.1. The predicted octanol–water partition coefficient (Wildman–Crippen LogP) is 3.92. The summed E-state index contributed by atoms with van der Waals surface area (Å²) in [7, 11) is 0. The summed E-state index contributed by atoms with van der Waals surface area (Å²) in [6.45, 7) is 0. The number of hydrogen-bond donors (Lipinski definition) is 3. The van der Waals surface area contributed by atoms with Crippen molar-refractivity contribution in [3.63, 3.8) is 0 Å². The van der Waals surface area contributed by atoms with Crippen molar-refractivity contribution in [2.75, 3.05) is 10.6 Å². The van der Waals surface area contributed by atoms with Gasteiger partial charge in [0.2, 0.25) is 0 Å². The number of halogens is 2. The minimum atomic E-state index is -0.531. The summed E-state index contributed by atoms with van der Waals surface area (Å²) in [6.07, 6.45) is 12.6. The van der Waals surface area contributed by atoms with E-state index >= 15 is 0 Å². The smallest absolute Gasteiger partial charge is 0.183 e. The average Bonchev–Trinajstić information content (AvgIpc) is 3.19. The number of hydrogen-bond acceptors (Lipinski definition) is 7. The molecule has 0 aliphatic heterocycles. The maximum atomic E-state index is 14.5. The largest absolute Gasteiger partial charge is 0.366 e. The molecule has 0 radical (unpaired) electrons. The molecule has 5 rings (SSSR count). The van der Waals surface area contributed by atoms with Gasteiger partial charge in [-0.15, -0.1) is 0 Å². The highest BCUT2D eigenvalue weighted by Gasteiger charge is 2.24. The van der Waals surface area contributed by atoms with Crippen LogP contribution in [0.2, 0.25) is 0 Å². The van der Waals surface area contributed by atoms with Gasteiger partial charge in [-0.3, -0.25) is 4.98 Å². The summed E-state index contributed by atoms with van der Waals surface area (Å²) in [5.74, 6) is 0.167. The Morgan fingerprint density at radius 3 is 2.68 bits per heavy atom. The summed E-state index contributed by atoms with van der Waals surface area (Å²) in [5.41, 5.74) is 1.08. The molecule has 0 saturated heterocycles. The summed E-state index contributed by atoms with van der Waals surface area (Å²) in [5, 5.41) is 7.15. The SMILES string of the molecule is Fc1cnc2[nH]cc(-c3ncc(F)c(N[C@H]4CCC[C@@H](Nc5cnccn5)C4)n3)c2c1. The fourth-order valence-corrected chi connectivity index (χ4v) is 3.99. The van der Waals surface area contributed by atoms with E-state index in [2.05, 4.69) is 40.5 Å². The molecule has 4 aromatic rings. The molecule has 0 bridgehead atoms. The van der Waals surface area contributed by atoms with Crippen molar-refractivity contribution >= 4 is 22.7 Å². The molecule has 1 fully saturated rings. The van der Waals surface area contributed by atoms with Crippen LogP contribution >= 0.6 is 0 Å². The third-order valence-electron chi connectivity index (χ3n) is 5.41. The first-order valence-corrected chi connectivity index (χ1v) is 10.1. The minimum Gasteiger partial charge on any atom is -0.366 e. The highest BCUT2D eigenvalue weighted by Crippen LogP contribution is 2.28. The van der Waals surface area contributed by atoms with Gasteiger partial charge in [0.25, 0.3) is 0 Å². The summed E-state index contributed by atoms with van der Waals surface area (Å²) in [4.78, 5) is 23.8. The molecule has 2 atom stereocenters. The Balaban J connectivity index is 1.35. The van der Waals surface area contributed by atoms with Crippen LogP contribution in [0.15, 0.2) is 43.2 Å². The molecule has 4 heterocycles. The van der Waals surface area contributed by atoms with Gasteiger partial charge in [-0.1, -0.05) is 0 Å². The van der Waals surface area contributed by atoms with E-state index in [1.165, 1.54) is 6.07 Å². The molecule has 0 aromatic carbocycles. The molecule has 8 nitrogen and oxygen atoms in total. The number of nitrogens with zero attached hydrogens (tertiary/aromatic N) is 5. The second-order valence-electron chi connectivity index (χ2n) is 7.58. The number of pyridine rings is 1. The fourth-order valence-electron chi connectivity index (χ4n) is 3.99. The molecule has 0 amide bonds. The number of anilines is 2. The molecule has 1 aliphatic carbocycles. The summed E-state index contributed by atoms with van der Waals surface area (Å²) >= 11 is 0. The highest BCUT2D eigenvalue weighted by atomic mass is 19.1. The number of rotatable bonds is 5. The van der Waals surface area contributed by atoms with E-state index in [1.807, 2.05) is 0 Å². The lowest BCUT2D eigenvalue weighted by Gasteiger charge is -2.31.